The van der Waals surface area contributed by atoms with Crippen LogP contribution in [0.3, 0.4) is 0 Å². The molecule has 3 N–H and O–H groups in total. The van der Waals surface area contributed by atoms with Crippen molar-refractivity contribution < 1.29 is 9.53 Å². The average Bonchev–Trinajstić information content (AvgIpc) is 2.49. The summed E-state index contributed by atoms with van der Waals surface area (Å²) in [5.41, 5.74) is 7.73. The van der Waals surface area contributed by atoms with Gasteiger partial charge < -0.3 is 15.4 Å². The summed E-state index contributed by atoms with van der Waals surface area (Å²) in [5, 5.41) is 2.75. The number of nitrogens with zero attached hydrogens (tertiary/aromatic N) is 2. The predicted octanol–water partition coefficient (Wildman–Crippen LogP) is 2.75. The molecule has 1 heterocycles. The molecule has 0 aromatic heterocycles. The van der Waals surface area contributed by atoms with Crippen molar-refractivity contribution in [2.45, 2.75) is 39.8 Å². The number of benzene rings is 1. The molecule has 0 aliphatic carbocycles. The van der Waals surface area contributed by atoms with E-state index in [4.69, 9.17) is 10.5 Å². The maximum absolute atomic E-state index is 11.9. The second-order valence-corrected chi connectivity index (χ2v) is 7.26. The van der Waals surface area contributed by atoms with Gasteiger partial charge in [-0.25, -0.2) is 4.79 Å². The van der Waals surface area contributed by atoms with E-state index in [1.54, 1.807) is 0 Å². The van der Waals surface area contributed by atoms with Crippen molar-refractivity contribution >= 4 is 17.5 Å². The third kappa shape index (κ3) is 5.69. The number of carbonyl (C=O) groups is 1. The number of carbonyl (C=O) groups excluding carboxylic acids is 1. The fraction of sp³-hybridized carbons (Fsp3) is 0.611. The van der Waals surface area contributed by atoms with Crippen molar-refractivity contribution in [1.82, 2.24) is 9.80 Å². The molecule has 1 saturated heterocycles. The van der Waals surface area contributed by atoms with Gasteiger partial charge in [0, 0.05) is 32.7 Å². The van der Waals surface area contributed by atoms with Crippen LogP contribution >= 0.6 is 0 Å². The summed E-state index contributed by atoms with van der Waals surface area (Å²) < 4.78 is 5.29. The molecule has 0 unspecified atom stereocenters. The van der Waals surface area contributed by atoms with E-state index in [2.05, 4.69) is 22.0 Å². The Hall–Kier alpha value is -1.79. The van der Waals surface area contributed by atoms with Gasteiger partial charge in [-0.05, 0) is 45.0 Å². The second-order valence-electron chi connectivity index (χ2n) is 7.26. The molecule has 6 heteroatoms. The number of hydrogen-bond acceptors (Lipinski definition) is 5. The van der Waals surface area contributed by atoms with Crippen LogP contribution in [0, 0.1) is 0 Å². The molecule has 0 atom stereocenters. The molecule has 134 valence electrons. The van der Waals surface area contributed by atoms with E-state index in [1.165, 1.54) is 0 Å². The van der Waals surface area contributed by atoms with Crippen LogP contribution in [0.5, 0.6) is 0 Å². The number of anilines is 2. The molecule has 1 fully saturated rings. The Morgan fingerprint density at radius 1 is 1.21 bits per heavy atom. The summed E-state index contributed by atoms with van der Waals surface area (Å²) in [7, 11) is 0. The smallest absolute Gasteiger partial charge is 0.412 e. The number of nitrogens with one attached hydrogen (secondary N) is 1. The van der Waals surface area contributed by atoms with E-state index in [0.717, 1.165) is 44.8 Å². The number of nitrogens with two attached hydrogens (primary N) is 1. The van der Waals surface area contributed by atoms with Gasteiger partial charge in [0.15, 0.2) is 0 Å². The molecule has 0 spiro atoms. The Labute approximate surface area is 144 Å². The molecule has 24 heavy (non-hydrogen) atoms. The summed E-state index contributed by atoms with van der Waals surface area (Å²) in [4.78, 5) is 16.8. The summed E-state index contributed by atoms with van der Waals surface area (Å²) in [6.45, 7) is 14.0. The lowest BCUT2D eigenvalue weighted by atomic mass is 10.1. The number of nitrogen functional groups attached to an aromatic ring is 1. The van der Waals surface area contributed by atoms with Crippen molar-refractivity contribution in [3.05, 3.63) is 23.8 Å². The highest BCUT2D eigenvalue weighted by atomic mass is 16.6. The highest BCUT2D eigenvalue weighted by Crippen LogP contribution is 2.22. The summed E-state index contributed by atoms with van der Waals surface area (Å²) in [6.07, 6.45) is -0.483. The first-order chi connectivity index (χ1) is 11.3. The van der Waals surface area contributed by atoms with Gasteiger partial charge in [-0.3, -0.25) is 10.2 Å². The lowest BCUT2D eigenvalue weighted by Crippen LogP contribution is -2.45. The first-order valence-corrected chi connectivity index (χ1v) is 8.60. The Bertz CT molecular complexity index is 561. The fourth-order valence-corrected chi connectivity index (χ4v) is 2.75. The molecule has 0 bridgehead atoms. The van der Waals surface area contributed by atoms with E-state index >= 15 is 0 Å². The third-order valence-electron chi connectivity index (χ3n) is 4.07. The summed E-state index contributed by atoms with van der Waals surface area (Å²) in [5.74, 6) is 0. The van der Waals surface area contributed by atoms with E-state index in [9.17, 15) is 4.79 Å². The molecule has 6 nitrogen and oxygen atoms in total. The number of hydrogen-bond donors (Lipinski definition) is 2. The van der Waals surface area contributed by atoms with Crippen LogP contribution in [0.25, 0.3) is 0 Å². The zero-order valence-electron chi connectivity index (χ0n) is 15.3. The van der Waals surface area contributed by atoms with Crippen LogP contribution < -0.4 is 11.1 Å². The lowest BCUT2D eigenvalue weighted by Gasteiger charge is -2.34. The highest BCUT2D eigenvalue weighted by molar-refractivity contribution is 5.89. The van der Waals surface area contributed by atoms with Crippen LogP contribution in [-0.2, 0) is 11.3 Å². The van der Waals surface area contributed by atoms with Crippen molar-refractivity contribution in [2.75, 3.05) is 43.8 Å². The average molecular weight is 334 g/mol. The van der Waals surface area contributed by atoms with Gasteiger partial charge in [0.05, 0.1) is 11.4 Å². The lowest BCUT2D eigenvalue weighted by molar-refractivity contribution is 0.0636. The minimum Gasteiger partial charge on any atom is -0.444 e. The highest BCUT2D eigenvalue weighted by Gasteiger charge is 2.18. The van der Waals surface area contributed by atoms with Gasteiger partial charge in [0.2, 0.25) is 0 Å². The van der Waals surface area contributed by atoms with Crippen molar-refractivity contribution in [3.8, 4) is 0 Å². The maximum atomic E-state index is 11.9. The predicted molar refractivity (Wildman–Crippen MR) is 98.1 cm³/mol. The summed E-state index contributed by atoms with van der Waals surface area (Å²) in [6, 6.07) is 5.79. The first kappa shape index (κ1) is 18.5. The molecule has 1 aromatic rings. The topological polar surface area (TPSA) is 70.8 Å². The van der Waals surface area contributed by atoms with E-state index < -0.39 is 11.7 Å². The molecule has 0 radical (unpaired) electrons. The minimum absolute atomic E-state index is 0.483. The molecule has 0 saturated carbocycles. The van der Waals surface area contributed by atoms with E-state index in [-0.39, 0.29) is 0 Å². The molecule has 1 aliphatic rings. The standard InChI is InChI=1S/C18H30N4O2/c1-5-21-8-10-22(11-9-21)13-14-6-7-15(19)16(12-14)20-17(23)24-18(2,3)4/h6-7,12H,5,8-11,13,19H2,1-4H3,(H,20,23). The normalized spacial score (nSPS) is 16.8. The van der Waals surface area contributed by atoms with Gasteiger partial charge in [-0.2, -0.15) is 0 Å². The van der Waals surface area contributed by atoms with Crippen LogP contribution in [0.1, 0.15) is 33.3 Å². The fourth-order valence-electron chi connectivity index (χ4n) is 2.75. The van der Waals surface area contributed by atoms with Crippen LogP contribution in [-0.4, -0.2) is 54.2 Å². The maximum Gasteiger partial charge on any atom is 0.412 e. The SMILES string of the molecule is CCN1CCN(Cc2ccc(N)c(NC(=O)OC(C)(C)C)c2)CC1. The molecule has 1 amide bonds. The molecular formula is C18H30N4O2. The largest absolute Gasteiger partial charge is 0.444 e. The zero-order valence-corrected chi connectivity index (χ0v) is 15.3. The number of amides is 1. The molecule has 1 aromatic carbocycles. The first-order valence-electron chi connectivity index (χ1n) is 8.60. The van der Waals surface area contributed by atoms with Gasteiger partial charge in [-0.15, -0.1) is 0 Å². The quantitative estimate of drug-likeness (QED) is 0.829. The van der Waals surface area contributed by atoms with Gasteiger partial charge in [0.1, 0.15) is 5.60 Å². The number of likely N-dealkylation sites (N-methyl/N-ethyl adjacent to an activating group) is 1. The van der Waals surface area contributed by atoms with Gasteiger partial charge >= 0.3 is 6.09 Å². The Kier molecular flexibility index (Phi) is 6.07. The number of piperazine rings is 1. The molecule has 2 rings (SSSR count). The van der Waals surface area contributed by atoms with E-state index in [1.807, 2.05) is 39.0 Å². The second kappa shape index (κ2) is 7.85. The molecule has 1 aliphatic heterocycles. The van der Waals surface area contributed by atoms with Crippen molar-refractivity contribution in [1.29, 1.82) is 0 Å². The van der Waals surface area contributed by atoms with Crippen LogP contribution in [0.15, 0.2) is 18.2 Å². The van der Waals surface area contributed by atoms with Crippen molar-refractivity contribution in [2.24, 2.45) is 0 Å². The van der Waals surface area contributed by atoms with Gasteiger partial charge in [-0.1, -0.05) is 13.0 Å². The number of ether oxygens (including phenoxy) is 1. The van der Waals surface area contributed by atoms with Gasteiger partial charge in [0.25, 0.3) is 0 Å². The summed E-state index contributed by atoms with van der Waals surface area (Å²) >= 11 is 0. The third-order valence-corrected chi connectivity index (χ3v) is 4.07. The van der Waals surface area contributed by atoms with Crippen LogP contribution in [0.2, 0.25) is 0 Å². The Morgan fingerprint density at radius 2 is 1.83 bits per heavy atom. The number of rotatable bonds is 4. The minimum atomic E-state index is -0.532. The zero-order chi connectivity index (χ0) is 17.7. The Balaban J connectivity index is 1.97. The molecular weight excluding hydrogens is 304 g/mol. The van der Waals surface area contributed by atoms with E-state index in [0.29, 0.717) is 11.4 Å². The Morgan fingerprint density at radius 3 is 2.42 bits per heavy atom. The van der Waals surface area contributed by atoms with Crippen molar-refractivity contribution in [3.63, 3.8) is 0 Å². The van der Waals surface area contributed by atoms with Crippen LogP contribution in [0.4, 0.5) is 16.2 Å². The monoisotopic (exact) mass is 334 g/mol.